The van der Waals surface area contributed by atoms with Crippen LogP contribution in [0.25, 0.3) is 6.08 Å². The highest BCUT2D eigenvalue weighted by Gasteiger charge is 2.56. The third-order valence-electron chi connectivity index (χ3n) is 6.93. The molecule has 0 atom stereocenters. The maximum Gasteiger partial charge on any atom is 0.453 e. The first-order valence-corrected chi connectivity index (χ1v) is 14.3. The Morgan fingerprint density at radius 1 is 0.800 bits per heavy atom. The number of hydrogen-bond donors (Lipinski definition) is 3. The van der Waals surface area contributed by atoms with Gasteiger partial charge < -0.3 is 26.0 Å². The Bertz CT molecular complexity index is 1460. The fraction of sp³-hybridized carbons (Fsp3) is 0.333. The van der Waals surface area contributed by atoms with Crippen LogP contribution < -0.4 is 20.9 Å². The molecule has 0 fully saturated rings. The van der Waals surface area contributed by atoms with Gasteiger partial charge in [-0.1, -0.05) is 31.0 Å². The number of unbranched alkanes of at least 4 members (excludes halogenated alkanes) is 3. The molecular weight excluding hydrogens is 599 g/mol. The molecule has 0 spiro atoms. The molecule has 0 unspecified atom stereocenters. The molecule has 3 aromatic rings. The smallest absolute Gasteiger partial charge is 0.453 e. The lowest BCUT2D eigenvalue weighted by Crippen LogP contribution is -2.36. The largest absolute Gasteiger partial charge is 0.494 e. The van der Waals surface area contributed by atoms with E-state index in [1.54, 1.807) is 24.3 Å². The summed E-state index contributed by atoms with van der Waals surface area (Å²) in [7, 11) is 0. The summed E-state index contributed by atoms with van der Waals surface area (Å²) in [5.41, 5.74) is 15.1. The van der Waals surface area contributed by atoms with Crippen LogP contribution in [0.5, 0.6) is 11.5 Å². The monoisotopic (exact) mass is 634 g/mol. The van der Waals surface area contributed by atoms with E-state index in [0.29, 0.717) is 29.8 Å². The lowest BCUT2D eigenvalue weighted by molar-refractivity contribution is -0.284. The number of nitrogens with two attached hydrogens (primary N) is 2. The van der Waals surface area contributed by atoms with Gasteiger partial charge in [-0.15, -0.1) is 0 Å². The van der Waals surface area contributed by atoms with E-state index < -0.39 is 36.9 Å². The quantitative estimate of drug-likeness (QED) is 0.0363. The van der Waals surface area contributed by atoms with Crippen molar-refractivity contribution >= 4 is 29.4 Å². The number of alkyl halides is 5. The molecule has 0 bridgehead atoms. The number of carboxylic acid groups (broad SMARTS) is 1. The minimum atomic E-state index is -5.61. The van der Waals surface area contributed by atoms with Crippen molar-refractivity contribution in [1.82, 2.24) is 0 Å². The number of ether oxygens (including phenoxy) is 2. The van der Waals surface area contributed by atoms with Gasteiger partial charge in [0.05, 0.1) is 12.2 Å². The molecule has 3 aromatic carbocycles. The summed E-state index contributed by atoms with van der Waals surface area (Å²) in [5, 5.41) is 9.64. The predicted octanol–water partition coefficient (Wildman–Crippen LogP) is 8.09. The summed E-state index contributed by atoms with van der Waals surface area (Å²) in [4.78, 5) is 24.3. The number of aryl methyl sites for hydroxylation is 1. The highest BCUT2D eigenvalue weighted by Crippen LogP contribution is 2.38. The van der Waals surface area contributed by atoms with Gasteiger partial charge in [-0.2, -0.15) is 22.0 Å². The molecule has 12 heteroatoms. The second-order valence-corrected chi connectivity index (χ2v) is 10.5. The van der Waals surface area contributed by atoms with E-state index in [9.17, 15) is 36.6 Å². The molecule has 45 heavy (non-hydrogen) atoms. The summed E-state index contributed by atoms with van der Waals surface area (Å²) in [5.74, 6) is -6.07. The number of benzene rings is 3. The van der Waals surface area contributed by atoms with E-state index >= 15 is 0 Å². The molecule has 0 radical (unpaired) electrons. The second-order valence-electron chi connectivity index (χ2n) is 10.5. The van der Waals surface area contributed by atoms with Crippen LogP contribution in [0.4, 0.5) is 33.3 Å². The molecule has 0 saturated heterocycles. The SMILES string of the molecule is Nc1ccc(CCCCCCC(=Cc2ccc(OC(=O)c3ccc(OCCCC(F)(F)C(F)(F)F)cc3)cc2)C(=O)O)c(N)c1. The molecule has 0 amide bonds. The van der Waals surface area contributed by atoms with Crippen LogP contribution in [0, 0.1) is 0 Å². The number of carbonyl (C=O) groups is 2. The molecule has 0 aliphatic heterocycles. The minimum absolute atomic E-state index is 0.153. The van der Waals surface area contributed by atoms with E-state index in [0.717, 1.165) is 31.2 Å². The van der Waals surface area contributed by atoms with E-state index in [1.165, 1.54) is 36.4 Å². The Labute approximate surface area is 257 Å². The Hall–Kier alpha value is -4.61. The number of rotatable bonds is 16. The fourth-order valence-electron chi connectivity index (χ4n) is 4.38. The maximum absolute atomic E-state index is 13.0. The van der Waals surface area contributed by atoms with Crippen molar-refractivity contribution < 1.29 is 46.1 Å². The lowest BCUT2D eigenvalue weighted by Gasteiger charge is -2.19. The Kier molecular flexibility index (Phi) is 12.3. The summed E-state index contributed by atoms with van der Waals surface area (Å²) in [6, 6.07) is 17.3. The molecule has 7 nitrogen and oxygen atoms in total. The van der Waals surface area contributed by atoms with Crippen molar-refractivity contribution in [3.8, 4) is 11.5 Å². The third kappa shape index (κ3) is 11.1. The van der Waals surface area contributed by atoms with Crippen molar-refractivity contribution in [3.63, 3.8) is 0 Å². The third-order valence-corrected chi connectivity index (χ3v) is 6.93. The van der Waals surface area contributed by atoms with Crippen LogP contribution in [0.15, 0.2) is 72.3 Å². The Morgan fingerprint density at radius 2 is 1.44 bits per heavy atom. The van der Waals surface area contributed by atoms with E-state index in [4.69, 9.17) is 20.9 Å². The Morgan fingerprint density at radius 3 is 2.07 bits per heavy atom. The molecule has 0 aliphatic rings. The number of esters is 1. The second kappa shape index (κ2) is 15.9. The van der Waals surface area contributed by atoms with Gasteiger partial charge in [0, 0.05) is 23.4 Å². The maximum atomic E-state index is 13.0. The zero-order valence-electron chi connectivity index (χ0n) is 24.4. The van der Waals surface area contributed by atoms with Crippen LogP contribution >= 0.6 is 0 Å². The van der Waals surface area contributed by atoms with E-state index in [-0.39, 0.29) is 29.2 Å². The van der Waals surface area contributed by atoms with Gasteiger partial charge in [-0.05, 0) is 97.8 Å². The van der Waals surface area contributed by atoms with Crippen LogP contribution in [-0.2, 0) is 11.2 Å². The van der Waals surface area contributed by atoms with Gasteiger partial charge in [-0.3, -0.25) is 0 Å². The standard InChI is InChI=1S/C33H35F5N2O5/c34-32(35,33(36,37)38)18-5-19-44-27-16-11-24(12-17-27)31(43)45-28-14-8-22(9-15-28)20-25(30(41)42)7-4-2-1-3-6-23-10-13-26(39)21-29(23)40/h8-17,20-21H,1-7,18-19,39-40H2,(H,41,42). The number of carbonyl (C=O) groups excluding carboxylic acids is 1. The number of aliphatic carboxylic acids is 1. The molecule has 0 heterocycles. The van der Waals surface area contributed by atoms with Gasteiger partial charge >= 0.3 is 24.0 Å². The average molecular weight is 635 g/mol. The van der Waals surface area contributed by atoms with Gasteiger partial charge in [-0.25, -0.2) is 9.59 Å². The van der Waals surface area contributed by atoms with Crippen LogP contribution in [0.2, 0.25) is 0 Å². The molecule has 0 saturated carbocycles. The molecule has 0 aliphatic carbocycles. The molecule has 242 valence electrons. The highest BCUT2D eigenvalue weighted by atomic mass is 19.4. The van der Waals surface area contributed by atoms with Crippen LogP contribution in [-0.4, -0.2) is 35.8 Å². The normalized spacial score (nSPS) is 12.2. The van der Waals surface area contributed by atoms with Crippen molar-refractivity contribution in [1.29, 1.82) is 0 Å². The van der Waals surface area contributed by atoms with Gasteiger partial charge in [0.15, 0.2) is 0 Å². The number of carboxylic acids is 1. The van der Waals surface area contributed by atoms with Crippen molar-refractivity contribution in [2.24, 2.45) is 0 Å². The summed E-state index contributed by atoms with van der Waals surface area (Å²) < 4.78 is 73.1. The first-order chi connectivity index (χ1) is 21.2. The molecule has 0 aromatic heterocycles. The minimum Gasteiger partial charge on any atom is -0.494 e. The number of hydrogen-bond acceptors (Lipinski definition) is 6. The lowest BCUT2D eigenvalue weighted by atomic mass is 10.0. The van der Waals surface area contributed by atoms with Crippen molar-refractivity contribution in [2.45, 2.75) is 63.5 Å². The highest BCUT2D eigenvalue weighted by molar-refractivity contribution is 5.92. The summed E-state index contributed by atoms with van der Waals surface area (Å²) in [6.07, 6.45) is -1.28. The van der Waals surface area contributed by atoms with E-state index in [1.807, 2.05) is 12.1 Å². The number of anilines is 2. The molecular formula is C33H35F5N2O5. The topological polar surface area (TPSA) is 125 Å². The first-order valence-electron chi connectivity index (χ1n) is 14.3. The number of halogens is 5. The van der Waals surface area contributed by atoms with Crippen LogP contribution in [0.3, 0.4) is 0 Å². The predicted molar refractivity (Wildman–Crippen MR) is 161 cm³/mol. The molecule has 5 N–H and O–H groups in total. The Balaban J connectivity index is 1.43. The van der Waals surface area contributed by atoms with Gasteiger partial charge in [0.1, 0.15) is 11.5 Å². The van der Waals surface area contributed by atoms with Crippen molar-refractivity contribution in [2.75, 3.05) is 18.1 Å². The number of nitrogen functional groups attached to an aromatic ring is 2. The average Bonchev–Trinajstić information content (AvgIpc) is 2.98. The molecule has 3 rings (SSSR count). The first kappa shape index (κ1) is 34.9. The van der Waals surface area contributed by atoms with Crippen LogP contribution in [0.1, 0.15) is 66.4 Å². The summed E-state index contributed by atoms with van der Waals surface area (Å²) in [6.45, 7) is -0.360. The van der Waals surface area contributed by atoms with Gasteiger partial charge in [0.2, 0.25) is 0 Å². The van der Waals surface area contributed by atoms with Crippen molar-refractivity contribution in [3.05, 3.63) is 89.0 Å². The van der Waals surface area contributed by atoms with Gasteiger partial charge in [0.25, 0.3) is 0 Å². The zero-order valence-corrected chi connectivity index (χ0v) is 24.4. The fourth-order valence-corrected chi connectivity index (χ4v) is 4.38. The summed E-state index contributed by atoms with van der Waals surface area (Å²) >= 11 is 0. The van der Waals surface area contributed by atoms with E-state index in [2.05, 4.69) is 0 Å². The zero-order chi connectivity index (χ0) is 33.0.